The number of nitrogens with zero attached hydrogens (tertiary/aromatic N) is 3. The highest BCUT2D eigenvalue weighted by Crippen LogP contribution is 2.20. The Morgan fingerprint density at radius 3 is 2.52 bits per heavy atom. The van der Waals surface area contributed by atoms with E-state index in [2.05, 4.69) is 28.6 Å². The second-order valence-electron chi connectivity index (χ2n) is 7.00. The summed E-state index contributed by atoms with van der Waals surface area (Å²) in [6, 6.07) is 18.4. The van der Waals surface area contributed by atoms with E-state index in [1.807, 2.05) is 59.8 Å². The van der Waals surface area contributed by atoms with Crippen molar-refractivity contribution in [3.8, 4) is 5.69 Å². The van der Waals surface area contributed by atoms with Gasteiger partial charge in [-0.3, -0.25) is 0 Å². The van der Waals surface area contributed by atoms with Crippen LogP contribution in [0.3, 0.4) is 0 Å². The van der Waals surface area contributed by atoms with Crippen LogP contribution in [0, 0.1) is 13.8 Å². The van der Waals surface area contributed by atoms with Crippen LogP contribution in [-0.4, -0.2) is 27.3 Å². The quantitative estimate of drug-likeness (QED) is 0.773. The smallest absolute Gasteiger partial charge is 0.317 e. The number of nitrogens with one attached hydrogen (secondary N) is 1. The molecule has 1 N–H and O–H groups in total. The molecule has 1 aliphatic heterocycles. The van der Waals surface area contributed by atoms with Gasteiger partial charge in [0, 0.05) is 30.9 Å². The van der Waals surface area contributed by atoms with Crippen molar-refractivity contribution in [1.29, 1.82) is 0 Å². The predicted octanol–water partition coefficient (Wildman–Crippen LogP) is 3.76. The summed E-state index contributed by atoms with van der Waals surface area (Å²) in [7, 11) is 0. The Bertz CT molecular complexity index is 962. The molecule has 0 atom stereocenters. The normalized spacial score (nSPS) is 13.3. The maximum absolute atomic E-state index is 12.7. The maximum Gasteiger partial charge on any atom is 0.317 e. The summed E-state index contributed by atoms with van der Waals surface area (Å²) < 4.78 is 1.94. The van der Waals surface area contributed by atoms with Gasteiger partial charge in [0.05, 0.1) is 11.4 Å². The van der Waals surface area contributed by atoms with E-state index in [1.165, 1.54) is 11.1 Å². The molecule has 1 aromatic heterocycles. The van der Waals surface area contributed by atoms with Crippen molar-refractivity contribution in [2.45, 2.75) is 33.4 Å². The van der Waals surface area contributed by atoms with Gasteiger partial charge in [-0.05, 0) is 43.5 Å². The van der Waals surface area contributed by atoms with E-state index < -0.39 is 0 Å². The molecule has 1 aliphatic rings. The molecule has 0 aliphatic carbocycles. The summed E-state index contributed by atoms with van der Waals surface area (Å²) in [4.78, 5) is 14.6. The third-order valence-corrected chi connectivity index (χ3v) is 5.28. The first kappa shape index (κ1) is 17.3. The number of para-hydroxylation sites is 1. The van der Waals surface area contributed by atoms with Crippen molar-refractivity contribution in [2.24, 2.45) is 0 Å². The molecule has 2 amide bonds. The molecule has 4 rings (SSSR count). The molecular weight excluding hydrogens is 336 g/mol. The first-order chi connectivity index (χ1) is 13.1. The summed E-state index contributed by atoms with van der Waals surface area (Å²) in [5.74, 6) is 0. The van der Waals surface area contributed by atoms with Crippen molar-refractivity contribution in [3.63, 3.8) is 0 Å². The van der Waals surface area contributed by atoms with Gasteiger partial charge >= 0.3 is 6.03 Å². The molecule has 0 saturated heterocycles. The van der Waals surface area contributed by atoms with Crippen LogP contribution < -0.4 is 5.32 Å². The topological polar surface area (TPSA) is 50.2 Å². The number of amides is 2. The first-order valence-electron chi connectivity index (χ1n) is 9.33. The zero-order valence-electron chi connectivity index (χ0n) is 15.8. The van der Waals surface area contributed by atoms with Crippen LogP contribution in [-0.2, 0) is 19.5 Å². The summed E-state index contributed by atoms with van der Waals surface area (Å²) in [5, 5.41) is 7.73. The van der Waals surface area contributed by atoms with E-state index in [1.54, 1.807) is 0 Å². The number of rotatable bonds is 3. The van der Waals surface area contributed by atoms with Gasteiger partial charge in [-0.15, -0.1) is 0 Å². The number of carbonyl (C=O) groups is 1. The van der Waals surface area contributed by atoms with Crippen LogP contribution in [0.1, 0.15) is 28.1 Å². The molecule has 27 heavy (non-hydrogen) atoms. The molecule has 138 valence electrons. The van der Waals surface area contributed by atoms with Gasteiger partial charge in [-0.25, -0.2) is 9.48 Å². The Hall–Kier alpha value is -3.08. The molecular formula is C22H24N4O. The van der Waals surface area contributed by atoms with Gasteiger partial charge in [0.25, 0.3) is 0 Å². The monoisotopic (exact) mass is 360 g/mol. The molecule has 0 fully saturated rings. The van der Waals surface area contributed by atoms with Crippen LogP contribution in [0.25, 0.3) is 5.69 Å². The molecule has 5 heteroatoms. The Labute approximate surface area is 159 Å². The fourth-order valence-corrected chi connectivity index (χ4v) is 3.70. The molecule has 3 aromatic rings. The second kappa shape index (κ2) is 7.27. The fraction of sp³-hybridized carbons (Fsp3) is 0.273. The van der Waals surface area contributed by atoms with E-state index in [-0.39, 0.29) is 6.03 Å². The number of urea groups is 1. The van der Waals surface area contributed by atoms with Crippen molar-refractivity contribution < 1.29 is 4.79 Å². The lowest BCUT2D eigenvalue weighted by Gasteiger charge is -2.29. The molecule has 0 bridgehead atoms. The average molecular weight is 360 g/mol. The largest absolute Gasteiger partial charge is 0.334 e. The molecule has 2 heterocycles. The minimum absolute atomic E-state index is 0.0178. The minimum atomic E-state index is -0.0178. The number of aromatic nitrogens is 2. The van der Waals surface area contributed by atoms with E-state index in [0.717, 1.165) is 35.6 Å². The molecule has 0 radical (unpaired) electrons. The van der Waals surface area contributed by atoms with Crippen molar-refractivity contribution >= 4 is 6.03 Å². The third kappa shape index (κ3) is 3.45. The van der Waals surface area contributed by atoms with Gasteiger partial charge in [0.15, 0.2) is 0 Å². The van der Waals surface area contributed by atoms with Crippen LogP contribution >= 0.6 is 0 Å². The summed E-state index contributed by atoms with van der Waals surface area (Å²) in [5.41, 5.74) is 6.69. The van der Waals surface area contributed by atoms with Crippen molar-refractivity contribution in [3.05, 3.63) is 82.7 Å². The minimum Gasteiger partial charge on any atom is -0.334 e. The number of aryl methyl sites for hydroxylation is 1. The highest BCUT2D eigenvalue weighted by atomic mass is 16.2. The number of carbonyl (C=O) groups excluding carboxylic acids is 1. The number of benzene rings is 2. The van der Waals surface area contributed by atoms with Gasteiger partial charge in [-0.2, -0.15) is 5.10 Å². The second-order valence-corrected chi connectivity index (χ2v) is 7.00. The van der Waals surface area contributed by atoms with E-state index in [0.29, 0.717) is 13.1 Å². The predicted molar refractivity (Wildman–Crippen MR) is 106 cm³/mol. The molecule has 0 saturated carbocycles. The third-order valence-electron chi connectivity index (χ3n) is 5.28. The van der Waals surface area contributed by atoms with Crippen molar-refractivity contribution in [2.75, 3.05) is 6.54 Å². The summed E-state index contributed by atoms with van der Waals surface area (Å²) in [6.07, 6.45) is 0.910. The molecule has 2 aromatic carbocycles. The standard InChI is InChI=1S/C22H24N4O/c1-16-21(17(2)26(24-16)20-10-4-3-5-11-20)14-23-22(27)25-13-12-18-8-6-7-9-19(18)15-25/h3-11H,12-15H2,1-2H3,(H,23,27). The maximum atomic E-state index is 12.7. The lowest BCUT2D eigenvalue weighted by atomic mass is 10.0. The highest BCUT2D eigenvalue weighted by molar-refractivity contribution is 5.74. The van der Waals surface area contributed by atoms with E-state index in [9.17, 15) is 4.79 Å². The van der Waals surface area contributed by atoms with Crippen LogP contribution in [0.2, 0.25) is 0 Å². The Kier molecular flexibility index (Phi) is 4.67. The SMILES string of the molecule is Cc1nn(-c2ccccc2)c(C)c1CNC(=O)N1CCc2ccccc2C1. The zero-order chi connectivity index (χ0) is 18.8. The zero-order valence-corrected chi connectivity index (χ0v) is 15.8. The van der Waals surface area contributed by atoms with Crippen LogP contribution in [0.15, 0.2) is 54.6 Å². The molecule has 5 nitrogen and oxygen atoms in total. The number of hydrogen-bond donors (Lipinski definition) is 1. The summed E-state index contributed by atoms with van der Waals surface area (Å²) >= 11 is 0. The van der Waals surface area contributed by atoms with Gasteiger partial charge in [-0.1, -0.05) is 42.5 Å². The van der Waals surface area contributed by atoms with Gasteiger partial charge < -0.3 is 10.2 Å². The Morgan fingerprint density at radius 2 is 1.74 bits per heavy atom. The Balaban J connectivity index is 1.45. The van der Waals surface area contributed by atoms with Gasteiger partial charge in [0.1, 0.15) is 0 Å². The van der Waals surface area contributed by atoms with Crippen LogP contribution in [0.4, 0.5) is 4.79 Å². The highest BCUT2D eigenvalue weighted by Gasteiger charge is 2.21. The number of fused-ring (bicyclic) bond motifs is 1. The van der Waals surface area contributed by atoms with E-state index >= 15 is 0 Å². The van der Waals surface area contributed by atoms with Crippen LogP contribution in [0.5, 0.6) is 0 Å². The Morgan fingerprint density at radius 1 is 1.04 bits per heavy atom. The molecule has 0 spiro atoms. The van der Waals surface area contributed by atoms with Crippen molar-refractivity contribution in [1.82, 2.24) is 20.0 Å². The first-order valence-corrected chi connectivity index (χ1v) is 9.33. The summed E-state index contributed by atoms with van der Waals surface area (Å²) in [6.45, 7) is 5.95. The van der Waals surface area contributed by atoms with E-state index in [4.69, 9.17) is 0 Å². The fourth-order valence-electron chi connectivity index (χ4n) is 3.70. The lowest BCUT2D eigenvalue weighted by Crippen LogP contribution is -2.42. The average Bonchev–Trinajstić information content (AvgIpc) is 3.00. The molecule has 0 unspecified atom stereocenters. The lowest BCUT2D eigenvalue weighted by molar-refractivity contribution is 0.192. The van der Waals surface area contributed by atoms with Gasteiger partial charge in [0.2, 0.25) is 0 Å². The number of hydrogen-bond acceptors (Lipinski definition) is 2.